The van der Waals surface area contributed by atoms with Crippen LogP contribution in [0.1, 0.15) is 63.6 Å². The minimum absolute atomic E-state index is 0.135. The summed E-state index contributed by atoms with van der Waals surface area (Å²) in [7, 11) is 0. The van der Waals surface area contributed by atoms with Crippen molar-refractivity contribution >= 4 is 0 Å². The highest BCUT2D eigenvalue weighted by Crippen LogP contribution is 2.34. The first kappa shape index (κ1) is 24.4. The molecule has 0 bridgehead atoms. The van der Waals surface area contributed by atoms with Crippen molar-refractivity contribution < 1.29 is 9.47 Å². The van der Waals surface area contributed by atoms with Crippen molar-refractivity contribution in [2.45, 2.75) is 59.3 Å². The second kappa shape index (κ2) is 11.6. The summed E-state index contributed by atoms with van der Waals surface area (Å²) < 4.78 is 12.1. The molecule has 3 aromatic carbocycles. The normalized spacial score (nSPS) is 12.2. The first-order chi connectivity index (χ1) is 15.9. The summed E-state index contributed by atoms with van der Waals surface area (Å²) in [6.07, 6.45) is 9.46. The predicted molar refractivity (Wildman–Crippen MR) is 139 cm³/mol. The van der Waals surface area contributed by atoms with Crippen LogP contribution in [0.4, 0.5) is 0 Å². The molecule has 3 aromatic rings. The standard InChI is InChI=1S/C31H36O2/c1-6-8-10-27(11-9-7-2)32-29-20-14-25(15-21-29)31(4,5)26-16-22-30(23-17-26)33-28-18-12-24(3)13-19-28/h8,10-23H,6-7,9H2,1-5H3/b10-8-,27-11+. The van der Waals surface area contributed by atoms with Crippen molar-refractivity contribution in [3.05, 3.63) is 113 Å². The molecule has 0 amide bonds. The molecule has 0 aromatic heterocycles. The summed E-state index contributed by atoms with van der Waals surface area (Å²) in [5, 5.41) is 0. The molecule has 0 aliphatic rings. The second-order valence-electron chi connectivity index (χ2n) is 8.90. The van der Waals surface area contributed by atoms with Gasteiger partial charge in [-0.15, -0.1) is 0 Å². The lowest BCUT2D eigenvalue weighted by Gasteiger charge is -2.26. The Labute approximate surface area is 199 Å². The Hall–Kier alpha value is -3.26. The first-order valence-electron chi connectivity index (χ1n) is 11.9. The monoisotopic (exact) mass is 440 g/mol. The van der Waals surface area contributed by atoms with Crippen molar-refractivity contribution in [1.82, 2.24) is 0 Å². The number of allylic oxidation sites excluding steroid dienone is 3. The fraction of sp³-hybridized carbons (Fsp3) is 0.290. The van der Waals surface area contributed by atoms with Crippen molar-refractivity contribution in [2.24, 2.45) is 0 Å². The average molecular weight is 441 g/mol. The van der Waals surface area contributed by atoms with Gasteiger partial charge < -0.3 is 9.47 Å². The fourth-order valence-corrected chi connectivity index (χ4v) is 3.59. The van der Waals surface area contributed by atoms with E-state index in [1.807, 2.05) is 24.3 Å². The van der Waals surface area contributed by atoms with Gasteiger partial charge in [-0.25, -0.2) is 0 Å². The van der Waals surface area contributed by atoms with Crippen molar-refractivity contribution in [3.8, 4) is 17.2 Å². The Morgan fingerprint density at radius 3 is 1.79 bits per heavy atom. The summed E-state index contributed by atoms with van der Waals surface area (Å²) >= 11 is 0. The van der Waals surface area contributed by atoms with Crippen LogP contribution in [0.25, 0.3) is 0 Å². The summed E-state index contributed by atoms with van der Waals surface area (Å²) in [6.45, 7) is 10.9. The van der Waals surface area contributed by atoms with Crippen LogP contribution in [0.2, 0.25) is 0 Å². The molecular weight excluding hydrogens is 404 g/mol. The Bertz CT molecular complexity index is 1050. The van der Waals surface area contributed by atoms with Gasteiger partial charge >= 0.3 is 0 Å². The van der Waals surface area contributed by atoms with Gasteiger partial charge in [-0.3, -0.25) is 0 Å². The lowest BCUT2D eigenvalue weighted by atomic mass is 9.78. The third-order valence-electron chi connectivity index (χ3n) is 5.80. The van der Waals surface area contributed by atoms with Gasteiger partial charge in [0.1, 0.15) is 23.0 Å². The van der Waals surface area contributed by atoms with Crippen molar-refractivity contribution in [2.75, 3.05) is 0 Å². The van der Waals surface area contributed by atoms with E-state index >= 15 is 0 Å². The van der Waals surface area contributed by atoms with Crippen molar-refractivity contribution in [1.29, 1.82) is 0 Å². The third kappa shape index (κ3) is 6.86. The van der Waals surface area contributed by atoms with Gasteiger partial charge in [0.05, 0.1) is 0 Å². The summed E-state index contributed by atoms with van der Waals surface area (Å²) in [5.41, 5.74) is 3.57. The van der Waals surface area contributed by atoms with E-state index < -0.39 is 0 Å². The number of unbranched alkanes of at least 4 members (excludes halogenated alkanes) is 1. The molecule has 0 radical (unpaired) electrons. The van der Waals surface area contributed by atoms with Crippen LogP contribution in [0.15, 0.2) is 96.8 Å². The van der Waals surface area contributed by atoms with E-state index in [0.29, 0.717) is 0 Å². The van der Waals surface area contributed by atoms with Gasteiger partial charge in [0.15, 0.2) is 0 Å². The van der Waals surface area contributed by atoms with Crippen LogP contribution in [0, 0.1) is 6.92 Å². The zero-order valence-electron chi connectivity index (χ0n) is 20.6. The van der Waals surface area contributed by atoms with Crippen molar-refractivity contribution in [3.63, 3.8) is 0 Å². The molecule has 0 aliphatic heterocycles. The molecule has 172 valence electrons. The maximum Gasteiger partial charge on any atom is 0.127 e. The number of aryl methyl sites for hydroxylation is 1. The number of ether oxygens (including phenoxy) is 2. The molecule has 0 fully saturated rings. The zero-order chi connectivity index (χ0) is 23.7. The molecule has 2 nitrogen and oxygen atoms in total. The topological polar surface area (TPSA) is 18.5 Å². The Morgan fingerprint density at radius 1 is 0.758 bits per heavy atom. The molecule has 33 heavy (non-hydrogen) atoms. The van der Waals surface area contributed by atoms with Crippen LogP contribution in [-0.2, 0) is 5.41 Å². The van der Waals surface area contributed by atoms with E-state index in [2.05, 4.69) is 101 Å². The molecule has 0 heterocycles. The summed E-state index contributed by atoms with van der Waals surface area (Å²) in [5.74, 6) is 3.47. The molecule has 2 heteroatoms. The van der Waals surface area contributed by atoms with E-state index in [4.69, 9.17) is 9.47 Å². The molecule has 3 rings (SSSR count). The highest BCUT2D eigenvalue weighted by atomic mass is 16.5. The van der Waals surface area contributed by atoms with Crippen LogP contribution in [-0.4, -0.2) is 0 Å². The number of hydrogen-bond donors (Lipinski definition) is 0. The Morgan fingerprint density at radius 2 is 1.27 bits per heavy atom. The van der Waals surface area contributed by atoms with Crippen LogP contribution in [0.5, 0.6) is 17.2 Å². The number of benzene rings is 3. The SMILES string of the molecule is CC/C=C\C(=C/CCC)Oc1ccc(C(C)(C)c2ccc(Oc3ccc(C)cc3)cc2)cc1. The average Bonchev–Trinajstić information content (AvgIpc) is 2.83. The smallest absolute Gasteiger partial charge is 0.127 e. The molecule has 0 N–H and O–H groups in total. The first-order valence-corrected chi connectivity index (χ1v) is 11.9. The van der Waals surface area contributed by atoms with Gasteiger partial charge in [0.2, 0.25) is 0 Å². The van der Waals surface area contributed by atoms with E-state index in [1.54, 1.807) is 0 Å². The molecule has 0 atom stereocenters. The van der Waals surface area contributed by atoms with Gasteiger partial charge in [0.25, 0.3) is 0 Å². The van der Waals surface area contributed by atoms with Gasteiger partial charge in [-0.05, 0) is 79.4 Å². The minimum atomic E-state index is -0.135. The van der Waals surface area contributed by atoms with Gasteiger partial charge in [-0.2, -0.15) is 0 Å². The Kier molecular flexibility index (Phi) is 8.54. The molecular formula is C31H36O2. The van der Waals surface area contributed by atoms with Crippen LogP contribution >= 0.6 is 0 Å². The highest BCUT2D eigenvalue weighted by molar-refractivity contribution is 5.43. The lowest BCUT2D eigenvalue weighted by molar-refractivity contribution is 0.440. The maximum absolute atomic E-state index is 6.13. The van der Waals surface area contributed by atoms with Crippen LogP contribution in [0.3, 0.4) is 0 Å². The quantitative estimate of drug-likeness (QED) is 0.231. The van der Waals surface area contributed by atoms with E-state index in [-0.39, 0.29) is 5.41 Å². The van der Waals surface area contributed by atoms with E-state index in [0.717, 1.165) is 42.3 Å². The number of rotatable bonds is 10. The van der Waals surface area contributed by atoms with Crippen LogP contribution < -0.4 is 9.47 Å². The lowest BCUT2D eigenvalue weighted by Crippen LogP contribution is -2.18. The molecule has 0 aliphatic carbocycles. The maximum atomic E-state index is 6.13. The summed E-state index contributed by atoms with van der Waals surface area (Å²) in [6, 6.07) is 24.9. The predicted octanol–water partition coefficient (Wildman–Crippen LogP) is 9.14. The molecule has 0 saturated heterocycles. The largest absolute Gasteiger partial charge is 0.458 e. The third-order valence-corrected chi connectivity index (χ3v) is 5.80. The molecule has 0 spiro atoms. The minimum Gasteiger partial charge on any atom is -0.458 e. The van der Waals surface area contributed by atoms with Gasteiger partial charge in [0, 0.05) is 5.41 Å². The van der Waals surface area contributed by atoms with Gasteiger partial charge in [-0.1, -0.05) is 82.2 Å². The second-order valence-corrected chi connectivity index (χ2v) is 8.90. The molecule has 0 unspecified atom stereocenters. The summed E-state index contributed by atoms with van der Waals surface area (Å²) in [4.78, 5) is 0. The number of hydrogen-bond acceptors (Lipinski definition) is 2. The highest BCUT2D eigenvalue weighted by Gasteiger charge is 2.23. The fourth-order valence-electron chi connectivity index (χ4n) is 3.59. The zero-order valence-corrected chi connectivity index (χ0v) is 20.6. The van der Waals surface area contributed by atoms with E-state index in [1.165, 1.54) is 16.7 Å². The van der Waals surface area contributed by atoms with E-state index in [9.17, 15) is 0 Å². The molecule has 0 saturated carbocycles. The Balaban J connectivity index is 1.71.